The second-order valence-corrected chi connectivity index (χ2v) is 15.4. The SMILES string of the molecule is C=C/C(c1c(Cl)cc2c(N3CCC4(CCN4C(=O)n4ccnc4C#N)C3)nc(OC[C@@]34CCCN3C[C@H](F)C4)nc2c1F)=c1/c(C#N)c(N)sc1=C. The van der Waals surface area contributed by atoms with Crippen LogP contribution in [0.1, 0.15) is 49.1 Å². The van der Waals surface area contributed by atoms with Crippen LogP contribution in [-0.2, 0) is 0 Å². The molecule has 1 aromatic carbocycles. The van der Waals surface area contributed by atoms with E-state index in [0.717, 1.165) is 37.1 Å². The number of alkyl halides is 1. The lowest BCUT2D eigenvalue weighted by Crippen LogP contribution is -2.64. The summed E-state index contributed by atoms with van der Waals surface area (Å²) in [4.78, 5) is 32.8. The van der Waals surface area contributed by atoms with Gasteiger partial charge in [0.1, 0.15) is 41.3 Å². The minimum Gasteiger partial charge on any atom is -0.461 e. The number of benzene rings is 1. The quantitative estimate of drug-likeness (QED) is 0.306. The number of rotatable bonds is 6. The van der Waals surface area contributed by atoms with Gasteiger partial charge in [-0.05, 0) is 43.9 Å². The highest BCUT2D eigenvalue weighted by Gasteiger charge is 2.53. The summed E-state index contributed by atoms with van der Waals surface area (Å²) in [6, 6.07) is 5.21. The Kier molecular flexibility index (Phi) is 8.21. The van der Waals surface area contributed by atoms with Crippen molar-refractivity contribution in [2.75, 3.05) is 50.0 Å². The number of thiophene rings is 1. The van der Waals surface area contributed by atoms with Gasteiger partial charge in [-0.1, -0.05) is 30.8 Å². The van der Waals surface area contributed by atoms with Crippen LogP contribution in [-0.4, -0.2) is 91.9 Å². The van der Waals surface area contributed by atoms with E-state index in [2.05, 4.69) is 34.1 Å². The number of nitrogen functional groups attached to an aromatic ring is 1. The average Bonchev–Trinajstić information content (AvgIpc) is 3.94. The Morgan fingerprint density at radius 2 is 2.04 bits per heavy atom. The van der Waals surface area contributed by atoms with Gasteiger partial charge in [0, 0.05) is 65.7 Å². The predicted octanol–water partition coefficient (Wildman–Crippen LogP) is 4.08. The summed E-state index contributed by atoms with van der Waals surface area (Å²) in [6.45, 7) is 10.5. The van der Waals surface area contributed by atoms with Crippen molar-refractivity contribution in [3.63, 3.8) is 0 Å². The van der Waals surface area contributed by atoms with Gasteiger partial charge in [-0.15, -0.1) is 11.3 Å². The minimum atomic E-state index is -0.963. The van der Waals surface area contributed by atoms with Gasteiger partial charge >= 0.3 is 12.0 Å². The Morgan fingerprint density at radius 1 is 1.23 bits per heavy atom. The first-order chi connectivity index (χ1) is 25.0. The third kappa shape index (κ3) is 5.13. The molecule has 16 heteroatoms. The van der Waals surface area contributed by atoms with Gasteiger partial charge in [-0.2, -0.15) is 20.5 Å². The Bertz CT molecular complexity index is 2390. The highest BCUT2D eigenvalue weighted by molar-refractivity contribution is 7.14. The minimum absolute atomic E-state index is 0.00162. The third-order valence-corrected chi connectivity index (χ3v) is 12.3. The smallest absolute Gasteiger partial charge is 0.330 e. The molecule has 1 amide bonds. The average molecular weight is 743 g/mol. The summed E-state index contributed by atoms with van der Waals surface area (Å²) in [5, 5.41) is 20.3. The first kappa shape index (κ1) is 34.0. The fourth-order valence-electron chi connectivity index (χ4n) is 8.55. The maximum absolute atomic E-state index is 17.1. The number of ether oxygens (including phenoxy) is 1. The van der Waals surface area contributed by atoms with Crippen molar-refractivity contribution in [1.29, 1.82) is 10.5 Å². The summed E-state index contributed by atoms with van der Waals surface area (Å²) in [5.41, 5.74) is 5.34. The van der Waals surface area contributed by atoms with Crippen molar-refractivity contribution in [1.82, 2.24) is 29.3 Å². The highest BCUT2D eigenvalue weighted by Crippen LogP contribution is 2.45. The van der Waals surface area contributed by atoms with Gasteiger partial charge in [0.25, 0.3) is 0 Å². The van der Waals surface area contributed by atoms with E-state index >= 15 is 4.39 Å². The van der Waals surface area contributed by atoms with Crippen LogP contribution in [0, 0.1) is 28.5 Å². The molecule has 52 heavy (non-hydrogen) atoms. The van der Waals surface area contributed by atoms with Crippen molar-refractivity contribution in [2.24, 2.45) is 0 Å². The van der Waals surface area contributed by atoms with Crippen LogP contribution in [0.2, 0.25) is 5.02 Å². The molecule has 4 saturated heterocycles. The molecule has 1 spiro atoms. The monoisotopic (exact) mass is 742 g/mol. The third-order valence-electron chi connectivity index (χ3n) is 11.1. The molecule has 4 fully saturated rings. The molecule has 0 radical (unpaired) electrons. The zero-order valence-electron chi connectivity index (χ0n) is 28.0. The zero-order chi connectivity index (χ0) is 36.5. The Balaban J connectivity index is 1.24. The first-order valence-electron chi connectivity index (χ1n) is 16.9. The van der Waals surface area contributed by atoms with Crippen molar-refractivity contribution in [3.8, 4) is 18.1 Å². The van der Waals surface area contributed by atoms with Crippen LogP contribution in [0.3, 0.4) is 0 Å². The maximum atomic E-state index is 17.1. The van der Waals surface area contributed by atoms with E-state index < -0.39 is 23.1 Å². The normalized spacial score (nSPS) is 24.5. The molecule has 266 valence electrons. The number of imidazole rings is 1. The van der Waals surface area contributed by atoms with E-state index in [9.17, 15) is 19.7 Å². The Hall–Kier alpha value is -5.09. The van der Waals surface area contributed by atoms with Crippen LogP contribution >= 0.6 is 22.9 Å². The fourth-order valence-corrected chi connectivity index (χ4v) is 9.68. The van der Waals surface area contributed by atoms with Crippen molar-refractivity contribution in [3.05, 3.63) is 68.7 Å². The molecule has 8 rings (SSSR count). The Labute approximate surface area is 306 Å². The second kappa shape index (κ2) is 12.5. The number of fused-ring (bicyclic) bond motifs is 2. The van der Waals surface area contributed by atoms with E-state index in [-0.39, 0.29) is 56.7 Å². The van der Waals surface area contributed by atoms with Gasteiger partial charge in [0.05, 0.1) is 21.7 Å². The van der Waals surface area contributed by atoms with E-state index in [1.165, 1.54) is 23.0 Å². The molecule has 0 bridgehead atoms. The molecular weight excluding hydrogens is 710 g/mol. The molecule has 2 N–H and O–H groups in total. The summed E-state index contributed by atoms with van der Waals surface area (Å²) in [5.74, 6) is -0.403. The Morgan fingerprint density at radius 3 is 2.77 bits per heavy atom. The molecule has 4 aliphatic heterocycles. The molecule has 7 heterocycles. The number of carbonyl (C=O) groups excluding carboxylic acids is 1. The van der Waals surface area contributed by atoms with E-state index in [1.54, 1.807) is 11.0 Å². The number of likely N-dealkylation sites (tertiary alicyclic amines) is 1. The maximum Gasteiger partial charge on any atom is 0.330 e. The number of nitrogens with two attached hydrogens (primary N) is 1. The van der Waals surface area contributed by atoms with Gasteiger partial charge in [0.15, 0.2) is 5.82 Å². The molecule has 12 nitrogen and oxygen atoms in total. The van der Waals surface area contributed by atoms with Crippen molar-refractivity contribution >= 4 is 62.8 Å². The molecular formula is C36H33ClF2N10O2S. The van der Waals surface area contributed by atoms with Crippen molar-refractivity contribution < 1.29 is 18.3 Å². The summed E-state index contributed by atoms with van der Waals surface area (Å²) in [7, 11) is 0. The molecule has 1 unspecified atom stereocenters. The largest absolute Gasteiger partial charge is 0.461 e. The lowest BCUT2D eigenvalue weighted by Gasteiger charge is -2.50. The van der Waals surface area contributed by atoms with Crippen molar-refractivity contribution in [2.45, 2.75) is 49.4 Å². The molecule has 3 atom stereocenters. The number of amides is 1. The number of aromatic nitrogens is 4. The molecule has 0 saturated carbocycles. The number of hydrogen-bond donors (Lipinski definition) is 1. The number of allylic oxidation sites excluding steroid dienone is 1. The van der Waals surface area contributed by atoms with Crippen LogP contribution in [0.25, 0.3) is 23.1 Å². The summed E-state index contributed by atoms with van der Waals surface area (Å²) in [6.07, 6.45) is 6.67. The molecule has 0 aliphatic carbocycles. The van der Waals surface area contributed by atoms with Gasteiger partial charge in [-0.25, -0.2) is 23.1 Å². The van der Waals surface area contributed by atoms with Crippen LogP contribution < -0.4 is 25.1 Å². The number of nitrogens with zero attached hydrogens (tertiary/aromatic N) is 9. The van der Waals surface area contributed by atoms with E-state index in [4.69, 9.17) is 27.1 Å². The van der Waals surface area contributed by atoms with E-state index in [0.29, 0.717) is 60.0 Å². The van der Waals surface area contributed by atoms with Crippen LogP contribution in [0.15, 0.2) is 31.1 Å². The topological polar surface area (TPSA) is 153 Å². The first-order valence-corrected chi connectivity index (χ1v) is 18.1. The lowest BCUT2D eigenvalue weighted by atomic mass is 9.84. The molecule has 4 aliphatic rings. The number of carbonyl (C=O) groups is 1. The molecule has 3 aromatic heterocycles. The fraction of sp³-hybridized carbons (Fsp3) is 0.389. The van der Waals surface area contributed by atoms with Crippen LogP contribution in [0.4, 0.5) is 24.4 Å². The number of anilines is 2. The van der Waals surface area contributed by atoms with Crippen LogP contribution in [0.5, 0.6) is 6.01 Å². The highest BCUT2D eigenvalue weighted by atomic mass is 35.5. The molecule has 4 aromatic rings. The van der Waals surface area contributed by atoms with Gasteiger partial charge in [-0.3, -0.25) is 4.90 Å². The zero-order valence-corrected chi connectivity index (χ0v) is 29.6. The number of hydrogen-bond acceptors (Lipinski definition) is 11. The van der Waals surface area contributed by atoms with E-state index in [1.807, 2.05) is 11.0 Å². The predicted molar refractivity (Wildman–Crippen MR) is 193 cm³/mol. The summed E-state index contributed by atoms with van der Waals surface area (Å²) < 4.78 is 39.7. The summed E-state index contributed by atoms with van der Waals surface area (Å²) >= 11 is 8.01. The standard InChI is InChI=1S/C36H33ClF2N10O2S/c1-3-22(27-20(2)52-31(42)24(27)15-40)28-25(37)13-23-30(29(28)39)44-33(51-19-36-5-4-9-47(36)17-21(38)14-36)45-32(23)46-10-6-35(18-46)7-11-49(35)34(50)48-12-8-43-26(48)16-41/h3,8,12-13,21H,1-2,4-7,9-11,14,17-19,42H2/b27-22-/t21-,35?,36+/m1/s1. The second-order valence-electron chi connectivity index (χ2n) is 13.8. The number of halogens is 3. The lowest BCUT2D eigenvalue weighted by molar-refractivity contribution is 0.0414. The van der Waals surface area contributed by atoms with Gasteiger partial charge < -0.3 is 20.3 Å². The van der Waals surface area contributed by atoms with Gasteiger partial charge in [0.2, 0.25) is 5.82 Å². The number of nitriles is 2.